The molecule has 6 nitrogen and oxygen atoms in total. The van der Waals surface area contributed by atoms with E-state index in [1.807, 2.05) is 60.7 Å². The molecule has 0 aliphatic carbocycles. The van der Waals surface area contributed by atoms with Crippen LogP contribution in [0, 0.1) is 0 Å². The highest BCUT2D eigenvalue weighted by Gasteiger charge is 2.18. The molecule has 0 aliphatic rings. The van der Waals surface area contributed by atoms with Crippen LogP contribution in [0.1, 0.15) is 0 Å². The van der Waals surface area contributed by atoms with E-state index in [2.05, 4.69) is 5.32 Å². The fraction of sp³-hybridized carbons (Fsp3) is 0. The zero-order chi connectivity index (χ0) is 18.6. The summed E-state index contributed by atoms with van der Waals surface area (Å²) in [7, 11) is -3.85. The second-order valence-electron chi connectivity index (χ2n) is 5.51. The number of benzene rings is 3. The second kappa shape index (κ2) is 7.38. The molecule has 0 aliphatic heterocycles. The minimum atomic E-state index is -3.85. The normalized spacial score (nSPS) is 11.0. The van der Waals surface area contributed by atoms with Gasteiger partial charge in [0.05, 0.1) is 16.3 Å². The third-order valence-electron chi connectivity index (χ3n) is 3.65. The van der Waals surface area contributed by atoms with Crippen molar-refractivity contribution in [3.63, 3.8) is 0 Å². The molecule has 0 spiro atoms. The Morgan fingerprint density at radius 2 is 1.35 bits per heavy atom. The van der Waals surface area contributed by atoms with Gasteiger partial charge in [-0.3, -0.25) is 4.90 Å². The van der Waals surface area contributed by atoms with E-state index >= 15 is 0 Å². The van der Waals surface area contributed by atoms with Crippen LogP contribution in [0.25, 0.3) is 0 Å². The first-order valence-corrected chi connectivity index (χ1v) is 9.34. The molecular weight excluding hydrogens is 350 g/mol. The van der Waals surface area contributed by atoms with Gasteiger partial charge in [0.15, 0.2) is 0 Å². The smallest absolute Gasteiger partial charge is 0.307 e. The molecule has 0 fully saturated rings. The van der Waals surface area contributed by atoms with Gasteiger partial charge in [-0.25, -0.2) is 18.4 Å². The molecule has 0 heterocycles. The van der Waals surface area contributed by atoms with E-state index in [1.54, 1.807) is 6.07 Å². The third-order valence-corrected chi connectivity index (χ3v) is 4.56. The van der Waals surface area contributed by atoms with Crippen LogP contribution in [-0.4, -0.2) is 14.4 Å². The SMILES string of the molecule is NS(=O)(=O)c1cccc(NC(=O)N(c2ccccc2)c2ccccc2)c1. The lowest BCUT2D eigenvalue weighted by Gasteiger charge is -2.23. The number of anilines is 3. The molecule has 0 atom stereocenters. The molecule has 0 saturated carbocycles. The molecule has 0 radical (unpaired) electrons. The minimum absolute atomic E-state index is 0.0683. The van der Waals surface area contributed by atoms with Crippen LogP contribution in [0.4, 0.5) is 21.9 Å². The van der Waals surface area contributed by atoms with E-state index in [0.717, 1.165) is 0 Å². The molecule has 0 unspecified atom stereocenters. The lowest BCUT2D eigenvalue weighted by molar-refractivity contribution is 0.259. The molecular formula is C19H17N3O3S. The van der Waals surface area contributed by atoms with Crippen molar-refractivity contribution in [3.8, 4) is 0 Å². The second-order valence-corrected chi connectivity index (χ2v) is 7.07. The minimum Gasteiger partial charge on any atom is -0.307 e. The standard InChI is InChI=1S/C19H17N3O3S/c20-26(24,25)18-13-7-8-15(14-18)21-19(23)22(16-9-3-1-4-10-16)17-11-5-2-6-12-17/h1-14H,(H,21,23)(H2,20,24,25). The van der Waals surface area contributed by atoms with Crippen molar-refractivity contribution in [2.75, 3.05) is 10.2 Å². The Morgan fingerprint density at radius 3 is 1.85 bits per heavy atom. The van der Waals surface area contributed by atoms with Crippen LogP contribution in [0.15, 0.2) is 89.8 Å². The van der Waals surface area contributed by atoms with Crippen molar-refractivity contribution in [2.24, 2.45) is 5.14 Å². The molecule has 3 aromatic rings. The van der Waals surface area contributed by atoms with Crippen molar-refractivity contribution in [2.45, 2.75) is 4.90 Å². The van der Waals surface area contributed by atoms with Gasteiger partial charge >= 0.3 is 6.03 Å². The topological polar surface area (TPSA) is 92.5 Å². The Balaban J connectivity index is 1.95. The lowest BCUT2D eigenvalue weighted by atomic mass is 10.2. The number of nitrogens with one attached hydrogen (secondary N) is 1. The zero-order valence-corrected chi connectivity index (χ0v) is 14.6. The number of amides is 2. The molecule has 2 amide bonds. The summed E-state index contributed by atoms with van der Waals surface area (Å²) in [5.41, 5.74) is 1.69. The summed E-state index contributed by atoms with van der Waals surface area (Å²) >= 11 is 0. The molecule has 3 rings (SSSR count). The van der Waals surface area contributed by atoms with E-state index < -0.39 is 16.1 Å². The molecule has 26 heavy (non-hydrogen) atoms. The summed E-state index contributed by atoms with van der Waals surface area (Å²) in [6, 6.07) is 23.7. The fourth-order valence-corrected chi connectivity index (χ4v) is 3.03. The van der Waals surface area contributed by atoms with Crippen molar-refractivity contribution in [1.29, 1.82) is 0 Å². The van der Waals surface area contributed by atoms with Gasteiger partial charge in [0.1, 0.15) is 0 Å². The number of hydrogen-bond acceptors (Lipinski definition) is 3. The molecule has 3 N–H and O–H groups in total. The van der Waals surface area contributed by atoms with Gasteiger partial charge in [-0.2, -0.15) is 0 Å². The lowest BCUT2D eigenvalue weighted by Crippen LogP contribution is -2.30. The quantitative estimate of drug-likeness (QED) is 0.736. The number of carbonyl (C=O) groups is 1. The van der Waals surface area contributed by atoms with Gasteiger partial charge < -0.3 is 5.32 Å². The van der Waals surface area contributed by atoms with Gasteiger partial charge in [0.25, 0.3) is 0 Å². The summed E-state index contributed by atoms with van der Waals surface area (Å²) in [5, 5.41) is 7.87. The molecule has 0 bridgehead atoms. The summed E-state index contributed by atoms with van der Waals surface area (Å²) in [6.07, 6.45) is 0. The number of nitrogens with zero attached hydrogens (tertiary/aromatic N) is 1. The zero-order valence-electron chi connectivity index (χ0n) is 13.7. The van der Waals surface area contributed by atoms with E-state index in [9.17, 15) is 13.2 Å². The van der Waals surface area contributed by atoms with Crippen LogP contribution >= 0.6 is 0 Å². The Bertz CT molecular complexity index is 967. The van der Waals surface area contributed by atoms with Gasteiger partial charge in [-0.1, -0.05) is 42.5 Å². The Hall–Kier alpha value is -3.16. The summed E-state index contributed by atoms with van der Waals surface area (Å²) in [4.78, 5) is 14.3. The average Bonchev–Trinajstić information content (AvgIpc) is 2.63. The number of para-hydroxylation sites is 2. The number of rotatable bonds is 4. The van der Waals surface area contributed by atoms with E-state index in [0.29, 0.717) is 17.1 Å². The van der Waals surface area contributed by atoms with Crippen molar-refractivity contribution in [1.82, 2.24) is 0 Å². The monoisotopic (exact) mass is 367 g/mol. The van der Waals surface area contributed by atoms with Gasteiger partial charge in [0, 0.05) is 5.69 Å². The van der Waals surface area contributed by atoms with E-state index in [1.165, 1.54) is 23.1 Å². The number of sulfonamides is 1. The molecule has 7 heteroatoms. The number of hydrogen-bond donors (Lipinski definition) is 2. The predicted octanol–water partition coefficient (Wildman–Crippen LogP) is 3.70. The Kier molecular flexibility index (Phi) is 5.01. The van der Waals surface area contributed by atoms with Crippen LogP contribution in [0.3, 0.4) is 0 Å². The molecule has 0 saturated heterocycles. The summed E-state index contributed by atoms with van der Waals surface area (Å²) in [5.74, 6) is 0. The van der Waals surface area contributed by atoms with Crippen LogP contribution in [0.5, 0.6) is 0 Å². The number of nitrogens with two attached hydrogens (primary N) is 1. The highest BCUT2D eigenvalue weighted by Crippen LogP contribution is 2.26. The van der Waals surface area contributed by atoms with E-state index in [4.69, 9.17) is 5.14 Å². The first kappa shape index (κ1) is 17.7. The maximum absolute atomic E-state index is 12.9. The predicted molar refractivity (Wildman–Crippen MR) is 102 cm³/mol. The van der Waals surface area contributed by atoms with Gasteiger partial charge in [-0.05, 0) is 42.5 Å². The first-order chi connectivity index (χ1) is 12.4. The van der Waals surface area contributed by atoms with Gasteiger partial charge in [0.2, 0.25) is 10.0 Å². The largest absolute Gasteiger partial charge is 0.330 e. The van der Waals surface area contributed by atoms with Crippen LogP contribution in [-0.2, 0) is 10.0 Å². The summed E-state index contributed by atoms with van der Waals surface area (Å²) < 4.78 is 23.0. The Labute approximate surface area is 151 Å². The van der Waals surface area contributed by atoms with Gasteiger partial charge in [-0.15, -0.1) is 0 Å². The molecule has 0 aromatic heterocycles. The van der Waals surface area contributed by atoms with Crippen LogP contribution in [0.2, 0.25) is 0 Å². The fourth-order valence-electron chi connectivity index (χ4n) is 2.47. The number of primary sulfonamides is 1. The van der Waals surface area contributed by atoms with Crippen LogP contribution < -0.4 is 15.4 Å². The molecule has 3 aromatic carbocycles. The maximum Gasteiger partial charge on any atom is 0.330 e. The van der Waals surface area contributed by atoms with Crippen molar-refractivity contribution < 1.29 is 13.2 Å². The first-order valence-electron chi connectivity index (χ1n) is 7.79. The third kappa shape index (κ3) is 4.08. The van der Waals surface area contributed by atoms with Crippen molar-refractivity contribution >= 4 is 33.1 Å². The van der Waals surface area contributed by atoms with Crippen molar-refractivity contribution in [3.05, 3.63) is 84.9 Å². The number of carbonyl (C=O) groups excluding carboxylic acids is 1. The summed E-state index contributed by atoms with van der Waals surface area (Å²) in [6.45, 7) is 0. The highest BCUT2D eigenvalue weighted by atomic mass is 32.2. The van der Waals surface area contributed by atoms with E-state index in [-0.39, 0.29) is 4.90 Å². The maximum atomic E-state index is 12.9. The average molecular weight is 367 g/mol. The molecule has 132 valence electrons. The Morgan fingerprint density at radius 1 is 0.808 bits per heavy atom. The number of urea groups is 1. The highest BCUT2D eigenvalue weighted by molar-refractivity contribution is 7.89.